The van der Waals surface area contributed by atoms with Crippen LogP contribution in [0.2, 0.25) is 0 Å². The number of amides is 1. The normalized spacial score (nSPS) is 17.2. The van der Waals surface area contributed by atoms with E-state index in [2.05, 4.69) is 35.5 Å². The van der Waals surface area contributed by atoms with Crippen LogP contribution in [-0.2, 0) is 10.0 Å². The molecule has 190 valence electrons. The Morgan fingerprint density at radius 2 is 1.83 bits per heavy atom. The van der Waals surface area contributed by atoms with E-state index < -0.39 is 32.6 Å². The fourth-order valence-electron chi connectivity index (χ4n) is 4.58. The molecule has 1 unspecified atom stereocenters. The van der Waals surface area contributed by atoms with Gasteiger partial charge in [0.2, 0.25) is 0 Å². The first-order chi connectivity index (χ1) is 16.9. The first-order valence-electron chi connectivity index (χ1n) is 11.3. The van der Waals surface area contributed by atoms with E-state index >= 15 is 0 Å². The smallest absolute Gasteiger partial charge is 0.281 e. The maximum atomic E-state index is 13.7. The average molecular weight is 516 g/mol. The third-order valence-electron chi connectivity index (χ3n) is 6.15. The Bertz CT molecular complexity index is 1390. The van der Waals surface area contributed by atoms with Gasteiger partial charge in [0, 0.05) is 37.1 Å². The van der Waals surface area contributed by atoms with Crippen LogP contribution in [-0.4, -0.2) is 43.4 Å². The highest BCUT2D eigenvalue weighted by Gasteiger charge is 2.39. The number of hydrogen-bond acceptors (Lipinski definition) is 7. The summed E-state index contributed by atoms with van der Waals surface area (Å²) in [6.45, 7) is 6.91. The Morgan fingerprint density at radius 3 is 2.47 bits per heavy atom. The van der Waals surface area contributed by atoms with Crippen LogP contribution >= 0.6 is 0 Å². The molecule has 1 N–H and O–H groups in total. The summed E-state index contributed by atoms with van der Waals surface area (Å²) in [5, 5.41) is -0.419. The quantitative estimate of drug-likeness (QED) is 0.524. The average Bonchev–Trinajstić information content (AvgIpc) is 3.09. The molecule has 0 bridgehead atoms. The lowest BCUT2D eigenvalue weighted by atomic mass is 9.97. The topological polar surface area (TPSA) is 95.5 Å². The molecule has 0 aliphatic carbocycles. The maximum Gasteiger partial charge on any atom is 0.281 e. The van der Waals surface area contributed by atoms with Gasteiger partial charge in [0.05, 0.1) is 5.56 Å². The number of rotatable bonds is 6. The minimum atomic E-state index is -4.37. The van der Waals surface area contributed by atoms with Crippen molar-refractivity contribution in [2.75, 3.05) is 23.4 Å². The van der Waals surface area contributed by atoms with Gasteiger partial charge in [-0.15, -0.1) is 0 Å². The lowest BCUT2D eigenvalue weighted by molar-refractivity contribution is 0.0981. The number of halogens is 2. The molecular formula is C25H27F2N5O3S. The van der Waals surface area contributed by atoms with Gasteiger partial charge >= 0.3 is 0 Å². The molecular weight excluding hydrogens is 488 g/mol. The molecule has 8 nitrogen and oxygen atoms in total. The number of carbonyl (C=O) groups is 1. The summed E-state index contributed by atoms with van der Waals surface area (Å²) < 4.78 is 55.5. The number of sulfonamides is 1. The zero-order chi connectivity index (χ0) is 26.3. The Labute approximate surface area is 209 Å². The third kappa shape index (κ3) is 5.15. The fraction of sp³-hybridized carbons (Fsp3) is 0.320. The highest BCUT2D eigenvalue weighted by molar-refractivity contribution is 7.90. The van der Waals surface area contributed by atoms with Crippen LogP contribution in [0, 0.1) is 17.6 Å². The van der Waals surface area contributed by atoms with Gasteiger partial charge in [0.1, 0.15) is 23.3 Å². The zero-order valence-corrected chi connectivity index (χ0v) is 21.2. The van der Waals surface area contributed by atoms with Gasteiger partial charge in [-0.3, -0.25) is 4.79 Å². The predicted molar refractivity (Wildman–Crippen MR) is 133 cm³/mol. The predicted octanol–water partition coefficient (Wildman–Crippen LogP) is 4.27. The molecule has 0 saturated carbocycles. The zero-order valence-electron chi connectivity index (χ0n) is 20.4. The second kappa shape index (κ2) is 9.45. The second-order valence-corrected chi connectivity index (χ2v) is 11.2. The number of pyridine rings is 2. The highest BCUT2D eigenvalue weighted by Crippen LogP contribution is 2.37. The Balaban J connectivity index is 1.61. The van der Waals surface area contributed by atoms with Crippen LogP contribution in [0.1, 0.15) is 37.6 Å². The second-order valence-electron chi connectivity index (χ2n) is 9.56. The van der Waals surface area contributed by atoms with Gasteiger partial charge in [0.15, 0.2) is 5.03 Å². The number of nitrogens with one attached hydrogen (secondary N) is 1. The number of benzene rings is 1. The number of aromatic nitrogens is 2. The van der Waals surface area contributed by atoms with E-state index in [9.17, 15) is 22.0 Å². The molecule has 1 saturated heterocycles. The standard InChI is InChI=1S/C25H27F2N5O3S/c1-16-14-25(2,3)32(15-16)23-20(7-6-10-28-23)24(33)30-36(34,35)22-9-5-8-21(29-22)31(4)19-12-17(26)11-18(27)13-19/h5-13,16H,14-15H2,1-4H3,(H,30,33). The van der Waals surface area contributed by atoms with Crippen molar-refractivity contribution in [2.45, 2.75) is 37.8 Å². The number of carbonyl (C=O) groups excluding carboxylic acids is 1. The van der Waals surface area contributed by atoms with E-state index in [1.807, 2.05) is 4.90 Å². The summed E-state index contributed by atoms with van der Waals surface area (Å²) in [5.74, 6) is -1.48. The molecule has 0 spiro atoms. The molecule has 1 aliphatic heterocycles. The lowest BCUT2D eigenvalue weighted by Crippen LogP contribution is -2.41. The minimum absolute atomic E-state index is 0.116. The summed E-state index contributed by atoms with van der Waals surface area (Å²) in [5.41, 5.74) is 0.0197. The summed E-state index contributed by atoms with van der Waals surface area (Å²) >= 11 is 0. The fourth-order valence-corrected chi connectivity index (χ4v) is 5.51. The molecule has 1 aliphatic rings. The summed E-state index contributed by atoms with van der Waals surface area (Å²) in [6, 6.07) is 10.2. The van der Waals surface area contributed by atoms with E-state index in [1.165, 1.54) is 36.2 Å². The molecule has 4 rings (SSSR count). The molecule has 2 aromatic heterocycles. The van der Waals surface area contributed by atoms with Crippen LogP contribution in [0.4, 0.5) is 26.1 Å². The summed E-state index contributed by atoms with van der Waals surface area (Å²) in [6.07, 6.45) is 2.47. The van der Waals surface area contributed by atoms with Gasteiger partial charge in [-0.25, -0.2) is 23.5 Å². The van der Waals surface area contributed by atoms with Crippen LogP contribution in [0.15, 0.2) is 59.8 Å². The SMILES string of the molecule is CC1CN(c2ncccc2C(=O)NS(=O)(=O)c2cccc(N(C)c3cc(F)cc(F)c3)n2)C(C)(C)C1. The minimum Gasteiger partial charge on any atom is -0.351 e. The largest absolute Gasteiger partial charge is 0.351 e. The van der Waals surface area contributed by atoms with E-state index in [0.717, 1.165) is 24.6 Å². The number of hydrogen-bond donors (Lipinski definition) is 1. The summed E-state index contributed by atoms with van der Waals surface area (Å²) in [4.78, 5) is 25.0. The Kier molecular flexibility index (Phi) is 6.70. The van der Waals surface area contributed by atoms with Crippen molar-refractivity contribution in [1.82, 2.24) is 14.7 Å². The molecule has 1 atom stereocenters. The van der Waals surface area contributed by atoms with Crippen molar-refractivity contribution in [2.24, 2.45) is 5.92 Å². The first kappa shape index (κ1) is 25.5. The van der Waals surface area contributed by atoms with Crippen LogP contribution < -0.4 is 14.5 Å². The van der Waals surface area contributed by atoms with Crippen LogP contribution in [0.25, 0.3) is 0 Å². The Hall–Kier alpha value is -3.60. The molecule has 3 heterocycles. The van der Waals surface area contributed by atoms with E-state index in [4.69, 9.17) is 0 Å². The van der Waals surface area contributed by atoms with E-state index in [0.29, 0.717) is 18.3 Å². The van der Waals surface area contributed by atoms with Gasteiger partial charge in [0.25, 0.3) is 15.9 Å². The van der Waals surface area contributed by atoms with E-state index in [1.54, 1.807) is 12.3 Å². The van der Waals surface area contributed by atoms with Gasteiger partial charge in [-0.1, -0.05) is 13.0 Å². The van der Waals surface area contributed by atoms with Crippen molar-refractivity contribution in [3.05, 3.63) is 71.9 Å². The number of anilines is 3. The van der Waals surface area contributed by atoms with Gasteiger partial charge in [-0.05, 0) is 62.6 Å². The third-order valence-corrected chi connectivity index (χ3v) is 7.38. The molecule has 11 heteroatoms. The summed E-state index contributed by atoms with van der Waals surface area (Å²) in [7, 11) is -2.88. The van der Waals surface area contributed by atoms with Crippen molar-refractivity contribution < 1.29 is 22.0 Å². The van der Waals surface area contributed by atoms with Crippen LogP contribution in [0.5, 0.6) is 0 Å². The monoisotopic (exact) mass is 515 g/mol. The van der Waals surface area contributed by atoms with E-state index in [-0.39, 0.29) is 22.6 Å². The van der Waals surface area contributed by atoms with Crippen molar-refractivity contribution in [3.8, 4) is 0 Å². The molecule has 1 aromatic carbocycles. The van der Waals surface area contributed by atoms with Crippen molar-refractivity contribution in [3.63, 3.8) is 0 Å². The molecule has 1 fully saturated rings. The molecule has 36 heavy (non-hydrogen) atoms. The highest BCUT2D eigenvalue weighted by atomic mass is 32.2. The first-order valence-corrected chi connectivity index (χ1v) is 12.8. The lowest BCUT2D eigenvalue weighted by Gasteiger charge is -2.33. The van der Waals surface area contributed by atoms with Crippen molar-refractivity contribution >= 4 is 33.3 Å². The van der Waals surface area contributed by atoms with Gasteiger partial charge < -0.3 is 9.80 Å². The Morgan fingerprint density at radius 1 is 1.14 bits per heavy atom. The molecule has 3 aromatic rings. The van der Waals surface area contributed by atoms with Gasteiger partial charge in [-0.2, -0.15) is 8.42 Å². The molecule has 1 amide bonds. The number of nitrogens with zero attached hydrogens (tertiary/aromatic N) is 4. The van der Waals surface area contributed by atoms with Crippen LogP contribution in [0.3, 0.4) is 0 Å². The maximum absolute atomic E-state index is 13.7. The molecule has 0 radical (unpaired) electrons. The van der Waals surface area contributed by atoms with Crippen molar-refractivity contribution in [1.29, 1.82) is 0 Å².